The number of carbonyl (C=O) groups is 1. The minimum absolute atomic E-state index is 0.111. The lowest BCUT2D eigenvalue weighted by molar-refractivity contribution is 0.0236. The molecule has 0 fully saturated rings. The van der Waals surface area contributed by atoms with Gasteiger partial charge in [-0.1, -0.05) is 13.8 Å². The quantitative estimate of drug-likeness (QED) is 0.524. The molecule has 0 aliphatic heterocycles. The third-order valence-electron chi connectivity index (χ3n) is 1.83. The van der Waals surface area contributed by atoms with E-state index in [0.717, 1.165) is 6.42 Å². The molecule has 0 aromatic rings. The Kier molecular flexibility index (Phi) is 8.11. The van der Waals surface area contributed by atoms with E-state index in [2.05, 4.69) is 24.2 Å². The van der Waals surface area contributed by atoms with E-state index in [1.165, 1.54) is 6.08 Å². The highest BCUT2D eigenvalue weighted by molar-refractivity contribution is 5.67. The molecule has 0 aromatic heterocycles. The predicted octanol–water partition coefficient (Wildman–Crippen LogP) is 1.07. The van der Waals surface area contributed by atoms with Gasteiger partial charge in [0.2, 0.25) is 6.08 Å². The predicted molar refractivity (Wildman–Crippen MR) is 57.7 cm³/mol. The Labute approximate surface area is 95.0 Å². The molecule has 1 amide bonds. The van der Waals surface area contributed by atoms with Crippen LogP contribution in [-0.2, 0) is 14.3 Å². The Morgan fingerprint density at radius 1 is 1.50 bits per heavy atom. The van der Waals surface area contributed by atoms with Crippen molar-refractivity contribution < 1.29 is 19.1 Å². The third kappa shape index (κ3) is 7.96. The van der Waals surface area contributed by atoms with Crippen molar-refractivity contribution in [3.05, 3.63) is 0 Å². The average molecular weight is 230 g/mol. The normalized spacial score (nSPS) is 11.8. The number of aliphatic imine (C=N–C) groups is 1. The van der Waals surface area contributed by atoms with Gasteiger partial charge in [-0.3, -0.25) is 0 Å². The third-order valence-corrected chi connectivity index (χ3v) is 1.83. The lowest BCUT2D eigenvalue weighted by Gasteiger charge is -2.17. The SMILES string of the molecule is COC(COC(=O)NCN=C=O)CC(C)C. The molecule has 1 unspecified atom stereocenters. The van der Waals surface area contributed by atoms with Gasteiger partial charge in [-0.05, 0) is 12.3 Å². The Morgan fingerprint density at radius 2 is 2.19 bits per heavy atom. The van der Waals surface area contributed by atoms with E-state index >= 15 is 0 Å². The monoisotopic (exact) mass is 230 g/mol. The van der Waals surface area contributed by atoms with Crippen molar-refractivity contribution in [3.63, 3.8) is 0 Å². The van der Waals surface area contributed by atoms with Crippen LogP contribution in [0, 0.1) is 5.92 Å². The van der Waals surface area contributed by atoms with Gasteiger partial charge in [-0.25, -0.2) is 9.59 Å². The summed E-state index contributed by atoms with van der Waals surface area (Å²) in [6, 6.07) is 0. The molecule has 1 N–H and O–H groups in total. The highest BCUT2D eigenvalue weighted by Gasteiger charge is 2.12. The molecule has 0 aliphatic rings. The first-order valence-electron chi connectivity index (χ1n) is 5.07. The van der Waals surface area contributed by atoms with Crippen molar-refractivity contribution in [3.8, 4) is 0 Å². The van der Waals surface area contributed by atoms with Crippen LogP contribution in [-0.4, -0.2) is 38.7 Å². The minimum atomic E-state index is -0.621. The largest absolute Gasteiger partial charge is 0.447 e. The van der Waals surface area contributed by atoms with Crippen LogP contribution in [0.15, 0.2) is 4.99 Å². The number of amides is 1. The van der Waals surface area contributed by atoms with E-state index < -0.39 is 6.09 Å². The fourth-order valence-corrected chi connectivity index (χ4v) is 1.11. The van der Waals surface area contributed by atoms with Crippen LogP contribution in [0.1, 0.15) is 20.3 Å². The number of isocyanates is 1. The van der Waals surface area contributed by atoms with Gasteiger partial charge in [0.05, 0.1) is 6.10 Å². The molecule has 0 radical (unpaired) electrons. The highest BCUT2D eigenvalue weighted by atomic mass is 16.6. The molecule has 0 rings (SSSR count). The first kappa shape index (κ1) is 14.6. The molecule has 16 heavy (non-hydrogen) atoms. The standard InChI is InChI=1S/C10H18N2O4/c1-8(2)4-9(15-3)5-16-10(14)12-6-11-7-13/h8-9H,4-6H2,1-3H3,(H,12,14). The average Bonchev–Trinajstić information content (AvgIpc) is 2.24. The molecule has 0 bridgehead atoms. The van der Waals surface area contributed by atoms with Crippen molar-refractivity contribution in [2.24, 2.45) is 10.9 Å². The number of hydrogen-bond donors (Lipinski definition) is 1. The number of alkyl carbamates (subject to hydrolysis) is 1. The van der Waals surface area contributed by atoms with Crippen LogP contribution < -0.4 is 5.32 Å². The van der Waals surface area contributed by atoms with Crippen molar-refractivity contribution in [2.45, 2.75) is 26.4 Å². The van der Waals surface area contributed by atoms with Crippen molar-refractivity contribution in [2.75, 3.05) is 20.4 Å². The zero-order valence-electron chi connectivity index (χ0n) is 9.86. The second kappa shape index (κ2) is 8.88. The molecule has 0 heterocycles. The van der Waals surface area contributed by atoms with Crippen LogP contribution in [0.25, 0.3) is 0 Å². The molecule has 92 valence electrons. The lowest BCUT2D eigenvalue weighted by atomic mass is 10.1. The van der Waals surface area contributed by atoms with E-state index in [0.29, 0.717) is 5.92 Å². The molecule has 0 saturated heterocycles. The van der Waals surface area contributed by atoms with Crippen molar-refractivity contribution in [1.29, 1.82) is 0 Å². The van der Waals surface area contributed by atoms with Gasteiger partial charge in [0.25, 0.3) is 0 Å². The summed E-state index contributed by atoms with van der Waals surface area (Å²) in [6.45, 7) is 4.19. The summed E-state index contributed by atoms with van der Waals surface area (Å²) in [5, 5.41) is 2.27. The molecule has 0 aromatic carbocycles. The van der Waals surface area contributed by atoms with E-state index in [-0.39, 0.29) is 19.4 Å². The van der Waals surface area contributed by atoms with Crippen molar-refractivity contribution in [1.82, 2.24) is 5.32 Å². The summed E-state index contributed by atoms with van der Waals surface area (Å²) < 4.78 is 10.0. The first-order chi connectivity index (χ1) is 7.60. The maximum atomic E-state index is 11.0. The Hall–Kier alpha value is -1.39. The van der Waals surface area contributed by atoms with Crippen LogP contribution in [0.5, 0.6) is 0 Å². The van der Waals surface area contributed by atoms with Gasteiger partial charge < -0.3 is 14.8 Å². The highest BCUT2D eigenvalue weighted by Crippen LogP contribution is 2.07. The number of methoxy groups -OCH3 is 1. The number of nitrogens with one attached hydrogen (secondary N) is 1. The van der Waals surface area contributed by atoms with Gasteiger partial charge in [0.15, 0.2) is 0 Å². The van der Waals surface area contributed by atoms with Crippen molar-refractivity contribution >= 4 is 12.2 Å². The Balaban J connectivity index is 3.74. The topological polar surface area (TPSA) is 77.0 Å². The number of nitrogens with zero attached hydrogens (tertiary/aromatic N) is 1. The van der Waals surface area contributed by atoms with Crippen LogP contribution in [0.3, 0.4) is 0 Å². The molecular formula is C10H18N2O4. The molecule has 6 nitrogen and oxygen atoms in total. The zero-order valence-corrected chi connectivity index (χ0v) is 9.86. The number of hydrogen-bond acceptors (Lipinski definition) is 5. The smallest absolute Gasteiger partial charge is 0.408 e. The molecule has 0 aliphatic carbocycles. The maximum Gasteiger partial charge on any atom is 0.408 e. The summed E-state index contributed by atoms with van der Waals surface area (Å²) >= 11 is 0. The first-order valence-corrected chi connectivity index (χ1v) is 5.07. The van der Waals surface area contributed by atoms with Gasteiger partial charge in [0.1, 0.15) is 13.3 Å². The van der Waals surface area contributed by atoms with Gasteiger partial charge >= 0.3 is 6.09 Å². The summed E-state index contributed by atoms with van der Waals surface area (Å²) in [5.74, 6) is 0.469. The zero-order chi connectivity index (χ0) is 12.4. The second-order valence-electron chi connectivity index (χ2n) is 3.67. The number of rotatable bonds is 7. The molecule has 1 atom stereocenters. The van der Waals surface area contributed by atoms with Crippen LogP contribution in [0.2, 0.25) is 0 Å². The van der Waals surface area contributed by atoms with E-state index in [9.17, 15) is 9.59 Å². The number of ether oxygens (including phenoxy) is 2. The van der Waals surface area contributed by atoms with E-state index in [4.69, 9.17) is 9.47 Å². The molecule has 0 saturated carbocycles. The van der Waals surface area contributed by atoms with Gasteiger partial charge in [-0.15, -0.1) is 0 Å². The Bertz CT molecular complexity index is 249. The Morgan fingerprint density at radius 3 is 2.69 bits per heavy atom. The molecule has 0 spiro atoms. The minimum Gasteiger partial charge on any atom is -0.447 e. The molecule has 6 heteroatoms. The van der Waals surface area contributed by atoms with Crippen LogP contribution >= 0.6 is 0 Å². The maximum absolute atomic E-state index is 11.0. The fourth-order valence-electron chi connectivity index (χ4n) is 1.11. The summed E-state index contributed by atoms with van der Waals surface area (Å²) in [4.78, 5) is 23.9. The van der Waals surface area contributed by atoms with E-state index in [1.54, 1.807) is 7.11 Å². The van der Waals surface area contributed by atoms with Crippen LogP contribution in [0.4, 0.5) is 4.79 Å². The summed E-state index contributed by atoms with van der Waals surface area (Å²) in [7, 11) is 1.57. The number of carbonyl (C=O) groups excluding carboxylic acids is 2. The summed E-state index contributed by atoms with van der Waals surface area (Å²) in [6.07, 6.45) is 1.39. The summed E-state index contributed by atoms with van der Waals surface area (Å²) in [5.41, 5.74) is 0. The lowest BCUT2D eigenvalue weighted by Crippen LogP contribution is -2.29. The van der Waals surface area contributed by atoms with E-state index in [1.807, 2.05) is 0 Å². The second-order valence-corrected chi connectivity index (χ2v) is 3.67. The van der Waals surface area contributed by atoms with Gasteiger partial charge in [0, 0.05) is 7.11 Å². The fraction of sp³-hybridized carbons (Fsp3) is 0.800. The molecular weight excluding hydrogens is 212 g/mol. The van der Waals surface area contributed by atoms with Gasteiger partial charge in [-0.2, -0.15) is 4.99 Å².